The molecule has 0 radical (unpaired) electrons. The number of hydrogen-bond donors (Lipinski definition) is 0. The van der Waals surface area contributed by atoms with Gasteiger partial charge in [-0.1, -0.05) is 13.0 Å². The lowest BCUT2D eigenvalue weighted by Gasteiger charge is -2.32. The van der Waals surface area contributed by atoms with Crippen molar-refractivity contribution in [1.29, 1.82) is 0 Å². The normalized spacial score (nSPS) is 16.2. The maximum absolute atomic E-state index is 12.6. The minimum Gasteiger partial charge on any atom is -0.468 e. The van der Waals surface area contributed by atoms with Gasteiger partial charge in [0.15, 0.2) is 0 Å². The fourth-order valence-electron chi connectivity index (χ4n) is 2.96. The van der Waals surface area contributed by atoms with Gasteiger partial charge in [-0.3, -0.25) is 9.69 Å². The molecule has 23 heavy (non-hydrogen) atoms. The molecule has 1 fully saturated rings. The van der Waals surface area contributed by atoms with Gasteiger partial charge >= 0.3 is 0 Å². The molecule has 1 aliphatic heterocycles. The lowest BCUT2D eigenvalue weighted by molar-refractivity contribution is -0.134. The second-order valence-electron chi connectivity index (χ2n) is 6.37. The van der Waals surface area contributed by atoms with Crippen molar-refractivity contribution in [2.24, 2.45) is 5.92 Å². The topological polar surface area (TPSA) is 36.7 Å². The minimum absolute atomic E-state index is 0.236. The molecule has 1 amide bonds. The monoisotopic (exact) mass is 332 g/mol. The largest absolute Gasteiger partial charge is 0.468 e. The van der Waals surface area contributed by atoms with Crippen molar-refractivity contribution in [2.45, 2.75) is 32.9 Å². The standard InChI is InChI=1S/C18H24N2O2S/c1-15-6-8-20(9-7-15)18(21)14-19(12-16-4-2-10-22-16)13-17-5-3-11-23-17/h2-5,10-11,15H,6-9,12-14H2,1H3. The lowest BCUT2D eigenvalue weighted by Crippen LogP contribution is -2.43. The summed E-state index contributed by atoms with van der Waals surface area (Å²) in [6.45, 7) is 5.96. The summed E-state index contributed by atoms with van der Waals surface area (Å²) >= 11 is 1.73. The molecule has 2 aromatic heterocycles. The fourth-order valence-corrected chi connectivity index (χ4v) is 3.71. The highest BCUT2D eigenvalue weighted by molar-refractivity contribution is 7.09. The maximum Gasteiger partial charge on any atom is 0.236 e. The summed E-state index contributed by atoms with van der Waals surface area (Å²) < 4.78 is 5.46. The molecule has 5 heteroatoms. The summed E-state index contributed by atoms with van der Waals surface area (Å²) in [5.74, 6) is 1.88. The van der Waals surface area contributed by atoms with Crippen LogP contribution in [0.2, 0.25) is 0 Å². The van der Waals surface area contributed by atoms with Crippen molar-refractivity contribution >= 4 is 17.2 Å². The van der Waals surface area contributed by atoms with E-state index in [9.17, 15) is 4.79 Å². The first-order chi connectivity index (χ1) is 11.2. The molecule has 1 saturated heterocycles. The van der Waals surface area contributed by atoms with Gasteiger partial charge in [0.25, 0.3) is 0 Å². The third-order valence-electron chi connectivity index (χ3n) is 4.41. The molecule has 0 bridgehead atoms. The highest BCUT2D eigenvalue weighted by Crippen LogP contribution is 2.18. The number of rotatable bonds is 6. The van der Waals surface area contributed by atoms with Crippen molar-refractivity contribution in [2.75, 3.05) is 19.6 Å². The summed E-state index contributed by atoms with van der Waals surface area (Å²) in [6, 6.07) is 8.03. The number of hydrogen-bond acceptors (Lipinski definition) is 4. The van der Waals surface area contributed by atoms with Crippen LogP contribution in [0.4, 0.5) is 0 Å². The quantitative estimate of drug-likeness (QED) is 0.811. The van der Waals surface area contributed by atoms with Gasteiger partial charge in [0.1, 0.15) is 5.76 Å². The Kier molecular flexibility index (Phi) is 5.51. The van der Waals surface area contributed by atoms with Crippen LogP contribution in [0.3, 0.4) is 0 Å². The Morgan fingerprint density at radius 2 is 2.13 bits per heavy atom. The third kappa shape index (κ3) is 4.69. The first-order valence-electron chi connectivity index (χ1n) is 8.25. The average molecular weight is 332 g/mol. The average Bonchev–Trinajstić information content (AvgIpc) is 3.21. The number of carbonyl (C=O) groups excluding carboxylic acids is 1. The fraction of sp³-hybridized carbons (Fsp3) is 0.500. The summed E-state index contributed by atoms with van der Waals surface area (Å²) in [6.07, 6.45) is 3.93. The molecule has 124 valence electrons. The van der Waals surface area contributed by atoms with Crippen molar-refractivity contribution in [3.8, 4) is 0 Å². The van der Waals surface area contributed by atoms with Crippen LogP contribution < -0.4 is 0 Å². The predicted octanol–water partition coefficient (Wildman–Crippen LogP) is 3.60. The van der Waals surface area contributed by atoms with Crippen LogP contribution in [0, 0.1) is 5.92 Å². The number of nitrogens with zero attached hydrogens (tertiary/aromatic N) is 2. The van der Waals surface area contributed by atoms with E-state index in [1.807, 2.05) is 17.0 Å². The highest BCUT2D eigenvalue weighted by atomic mass is 32.1. The van der Waals surface area contributed by atoms with E-state index in [4.69, 9.17) is 4.42 Å². The maximum atomic E-state index is 12.6. The van der Waals surface area contributed by atoms with Crippen molar-refractivity contribution in [3.63, 3.8) is 0 Å². The van der Waals surface area contributed by atoms with Gasteiger partial charge in [-0.15, -0.1) is 11.3 Å². The van der Waals surface area contributed by atoms with E-state index in [2.05, 4.69) is 29.3 Å². The Morgan fingerprint density at radius 1 is 1.30 bits per heavy atom. The van der Waals surface area contributed by atoms with E-state index >= 15 is 0 Å². The van der Waals surface area contributed by atoms with Gasteiger partial charge in [0, 0.05) is 24.5 Å². The molecule has 0 atom stereocenters. The van der Waals surface area contributed by atoms with Crippen LogP contribution in [-0.4, -0.2) is 35.3 Å². The lowest BCUT2D eigenvalue weighted by atomic mass is 9.99. The first kappa shape index (κ1) is 16.3. The number of furan rings is 1. The van der Waals surface area contributed by atoms with Crippen LogP contribution in [0.5, 0.6) is 0 Å². The highest BCUT2D eigenvalue weighted by Gasteiger charge is 2.22. The van der Waals surface area contributed by atoms with E-state index in [-0.39, 0.29) is 5.91 Å². The molecule has 4 nitrogen and oxygen atoms in total. The Bertz CT molecular complexity index is 550. The Morgan fingerprint density at radius 3 is 2.78 bits per heavy atom. The number of carbonyl (C=O) groups is 1. The van der Waals surface area contributed by atoms with Gasteiger partial charge in [-0.25, -0.2) is 0 Å². The molecule has 1 aliphatic rings. The molecule has 2 aromatic rings. The van der Waals surface area contributed by atoms with E-state index in [0.29, 0.717) is 13.1 Å². The summed E-state index contributed by atoms with van der Waals surface area (Å²) in [7, 11) is 0. The van der Waals surface area contributed by atoms with Crippen LogP contribution in [0.25, 0.3) is 0 Å². The molecule has 0 aliphatic carbocycles. The molecular weight excluding hydrogens is 308 g/mol. The zero-order valence-electron chi connectivity index (χ0n) is 13.6. The third-order valence-corrected chi connectivity index (χ3v) is 5.28. The molecule has 0 saturated carbocycles. The van der Waals surface area contributed by atoms with Crippen LogP contribution in [0.1, 0.15) is 30.4 Å². The van der Waals surface area contributed by atoms with Crippen LogP contribution >= 0.6 is 11.3 Å². The molecule has 3 rings (SSSR count). The Hall–Kier alpha value is -1.59. The molecule has 3 heterocycles. The molecule has 0 unspecified atom stereocenters. The zero-order valence-corrected chi connectivity index (χ0v) is 14.4. The number of piperidine rings is 1. The second-order valence-corrected chi connectivity index (χ2v) is 7.40. The van der Waals surface area contributed by atoms with E-state index in [1.165, 1.54) is 4.88 Å². The Labute approximate surface area is 141 Å². The Balaban J connectivity index is 1.61. The number of amides is 1. The van der Waals surface area contributed by atoms with Gasteiger partial charge in [-0.2, -0.15) is 0 Å². The molecular formula is C18H24N2O2S. The van der Waals surface area contributed by atoms with Crippen LogP contribution in [0.15, 0.2) is 40.3 Å². The molecule has 0 N–H and O–H groups in total. The smallest absolute Gasteiger partial charge is 0.236 e. The molecule has 0 aromatic carbocycles. The second kappa shape index (κ2) is 7.79. The van der Waals surface area contributed by atoms with Gasteiger partial charge < -0.3 is 9.32 Å². The van der Waals surface area contributed by atoms with Gasteiger partial charge in [0.2, 0.25) is 5.91 Å². The van der Waals surface area contributed by atoms with Crippen molar-refractivity contribution in [3.05, 3.63) is 46.5 Å². The van der Waals surface area contributed by atoms with E-state index < -0.39 is 0 Å². The summed E-state index contributed by atoms with van der Waals surface area (Å²) in [5, 5.41) is 2.08. The van der Waals surface area contributed by atoms with Crippen LogP contribution in [-0.2, 0) is 17.9 Å². The number of thiophene rings is 1. The predicted molar refractivity (Wildman–Crippen MR) is 92.1 cm³/mol. The summed E-state index contributed by atoms with van der Waals surface area (Å²) in [4.78, 5) is 18.1. The van der Waals surface area contributed by atoms with Crippen molar-refractivity contribution < 1.29 is 9.21 Å². The molecule has 0 spiro atoms. The van der Waals surface area contributed by atoms with Gasteiger partial charge in [0.05, 0.1) is 19.4 Å². The van der Waals surface area contributed by atoms with Crippen molar-refractivity contribution in [1.82, 2.24) is 9.80 Å². The van der Waals surface area contributed by atoms with E-state index in [1.54, 1.807) is 17.6 Å². The number of likely N-dealkylation sites (tertiary alicyclic amines) is 1. The van der Waals surface area contributed by atoms with E-state index in [0.717, 1.165) is 44.2 Å². The SMILES string of the molecule is CC1CCN(C(=O)CN(Cc2ccco2)Cc2cccs2)CC1. The zero-order chi connectivity index (χ0) is 16.1. The summed E-state index contributed by atoms with van der Waals surface area (Å²) in [5.41, 5.74) is 0. The first-order valence-corrected chi connectivity index (χ1v) is 9.13. The van der Waals surface area contributed by atoms with Gasteiger partial charge in [-0.05, 0) is 42.3 Å². The minimum atomic E-state index is 0.236.